The molecule has 0 saturated carbocycles. The zero-order chi connectivity index (χ0) is 26.4. The van der Waals surface area contributed by atoms with Gasteiger partial charge in [-0.1, -0.05) is 37.4 Å². The molecule has 3 aliphatic rings. The number of thioether (sulfide) groups is 1. The van der Waals surface area contributed by atoms with Crippen LogP contribution in [0.2, 0.25) is 19.6 Å². The zero-order valence-corrected chi connectivity index (χ0v) is 25.0. The summed E-state index contributed by atoms with van der Waals surface area (Å²) in [6, 6.07) is -0.00208. The van der Waals surface area contributed by atoms with Crippen LogP contribution in [-0.4, -0.2) is 79.2 Å². The highest BCUT2D eigenvalue weighted by atomic mass is 35.5. The number of ether oxygens (including phenoxy) is 1. The number of likely N-dealkylation sites (N-methyl/N-ethyl adjacent to an activating group) is 1. The number of hydrogen-bond acceptors (Lipinski definition) is 8. The van der Waals surface area contributed by atoms with Gasteiger partial charge in [-0.25, -0.2) is 9.78 Å². The van der Waals surface area contributed by atoms with Crippen LogP contribution < -0.4 is 0 Å². The smallest absolute Gasteiger partial charge is 0.356 e. The largest absolute Gasteiger partial charge is 0.457 e. The van der Waals surface area contributed by atoms with E-state index in [2.05, 4.69) is 51.2 Å². The van der Waals surface area contributed by atoms with Crippen LogP contribution in [0.25, 0.3) is 5.57 Å². The van der Waals surface area contributed by atoms with Gasteiger partial charge in [-0.3, -0.25) is 9.69 Å². The van der Waals surface area contributed by atoms with Crippen LogP contribution in [-0.2, 0) is 18.8 Å². The van der Waals surface area contributed by atoms with Gasteiger partial charge in [-0.15, -0.1) is 22.9 Å². The number of rotatable bonds is 10. The molecule has 1 aromatic heterocycles. The Morgan fingerprint density at radius 2 is 2.17 bits per heavy atom. The second-order valence-corrected chi connectivity index (χ2v) is 17.3. The summed E-state index contributed by atoms with van der Waals surface area (Å²) in [4.78, 5) is 36.0. The molecule has 5 atom stereocenters. The first-order valence-electron chi connectivity index (χ1n) is 12.1. The number of thiazole rings is 1. The number of esters is 1. The lowest BCUT2D eigenvalue weighted by atomic mass is 9.79. The molecule has 0 radical (unpaired) electrons. The summed E-state index contributed by atoms with van der Waals surface area (Å²) in [6.07, 6.45) is 3.48. The van der Waals surface area contributed by atoms with Gasteiger partial charge in [0.25, 0.3) is 0 Å². The molecule has 0 aliphatic carbocycles. The van der Waals surface area contributed by atoms with Crippen LogP contribution in [0.3, 0.4) is 0 Å². The van der Waals surface area contributed by atoms with Gasteiger partial charge >= 0.3 is 5.97 Å². The van der Waals surface area contributed by atoms with Gasteiger partial charge in [0.1, 0.15) is 12.3 Å². The Balaban J connectivity index is 1.61. The third-order valence-corrected chi connectivity index (χ3v) is 10.4. The summed E-state index contributed by atoms with van der Waals surface area (Å²) in [5.41, 5.74) is 2.37. The number of carbonyl (C=O) groups excluding carboxylic acids is 2. The molecular weight excluding hydrogens is 534 g/mol. The van der Waals surface area contributed by atoms with Crippen molar-refractivity contribution in [2.24, 2.45) is 11.8 Å². The standard InChI is InChI=1S/C25H34ClN3O4S2Si/c1-8-11-32-24(31)21-22(14(2)20-19(23(30)29(20)21)15(3)33-36(5,6)7)35-25-27-17(13-34-25)16-9-10-28(4)18(16)12-26/h8-9,13-15,18-20H,1,10-12H2,2-7H3/t14-,15-,18-,19-,20-/m1/s1. The zero-order valence-electron chi connectivity index (χ0n) is 21.6. The van der Waals surface area contributed by atoms with Crippen LogP contribution in [0.4, 0.5) is 0 Å². The highest BCUT2D eigenvalue weighted by Crippen LogP contribution is 2.53. The topological polar surface area (TPSA) is 72.0 Å². The van der Waals surface area contributed by atoms with Crippen molar-refractivity contribution in [1.29, 1.82) is 0 Å². The summed E-state index contributed by atoms with van der Waals surface area (Å²) in [5, 5.41) is 2.04. The SMILES string of the molecule is C=CCOC(=O)C1=C(Sc2nc(C3=CCN(C)[C@@H]3CCl)cs2)[C@H](C)[C@@H]2[C@@H]([C@@H](C)O[Si](C)(C)C)C(=O)N12. The minimum absolute atomic E-state index is 0.0450. The molecule has 7 nitrogen and oxygen atoms in total. The van der Waals surface area contributed by atoms with Gasteiger partial charge in [0.2, 0.25) is 5.91 Å². The number of carbonyl (C=O) groups is 2. The lowest BCUT2D eigenvalue weighted by molar-refractivity contribution is -0.163. The molecule has 0 spiro atoms. The average molecular weight is 568 g/mol. The van der Waals surface area contributed by atoms with Crippen molar-refractivity contribution in [3.05, 3.63) is 40.4 Å². The Morgan fingerprint density at radius 1 is 1.44 bits per heavy atom. The van der Waals surface area contributed by atoms with Gasteiger partial charge < -0.3 is 14.1 Å². The number of fused-ring (bicyclic) bond motifs is 1. The van der Waals surface area contributed by atoms with E-state index < -0.39 is 14.3 Å². The fourth-order valence-corrected chi connectivity index (χ4v) is 8.98. The van der Waals surface area contributed by atoms with Crippen molar-refractivity contribution < 1.29 is 18.8 Å². The summed E-state index contributed by atoms with van der Waals surface area (Å²) < 4.78 is 12.5. The van der Waals surface area contributed by atoms with E-state index in [4.69, 9.17) is 25.7 Å². The van der Waals surface area contributed by atoms with E-state index in [0.717, 1.165) is 27.1 Å². The van der Waals surface area contributed by atoms with E-state index in [1.54, 1.807) is 4.90 Å². The molecular formula is C25H34ClN3O4S2Si. The Morgan fingerprint density at radius 3 is 2.81 bits per heavy atom. The Hall–Kier alpha value is -1.43. The summed E-state index contributed by atoms with van der Waals surface area (Å²) >= 11 is 9.20. The summed E-state index contributed by atoms with van der Waals surface area (Å²) in [5.74, 6) is -0.417. The van der Waals surface area contributed by atoms with Crippen molar-refractivity contribution in [2.45, 2.75) is 56.0 Å². The third-order valence-electron chi connectivity index (χ3n) is 6.77. The van der Waals surface area contributed by atoms with Crippen LogP contribution in [0.5, 0.6) is 0 Å². The second kappa shape index (κ2) is 10.7. The monoisotopic (exact) mass is 567 g/mol. The molecule has 1 amide bonds. The maximum Gasteiger partial charge on any atom is 0.356 e. The maximum atomic E-state index is 13.3. The van der Waals surface area contributed by atoms with E-state index in [1.165, 1.54) is 29.2 Å². The fraction of sp³-hybridized carbons (Fsp3) is 0.560. The van der Waals surface area contributed by atoms with E-state index in [-0.39, 0.29) is 42.5 Å². The number of alkyl halides is 1. The predicted molar refractivity (Wildman–Crippen MR) is 148 cm³/mol. The highest BCUT2D eigenvalue weighted by Gasteiger charge is 2.61. The third kappa shape index (κ3) is 5.13. The molecule has 0 N–H and O–H groups in total. The second-order valence-electron chi connectivity index (χ2n) is 10.4. The van der Waals surface area contributed by atoms with Gasteiger partial charge in [0.05, 0.1) is 29.8 Å². The molecule has 1 saturated heterocycles. The Kier molecular flexibility index (Phi) is 8.24. The summed E-state index contributed by atoms with van der Waals surface area (Å²) in [6.45, 7) is 15.0. The molecule has 1 aromatic rings. The fourth-order valence-electron chi connectivity index (χ4n) is 5.22. The Labute approximate surface area is 227 Å². The molecule has 11 heteroatoms. The number of nitrogens with zero attached hydrogens (tertiary/aromatic N) is 3. The molecule has 0 unspecified atom stereocenters. The number of amides is 1. The van der Waals surface area contributed by atoms with Crippen molar-refractivity contribution >= 4 is 60.5 Å². The van der Waals surface area contributed by atoms with Gasteiger partial charge in [0.15, 0.2) is 12.7 Å². The van der Waals surface area contributed by atoms with Gasteiger partial charge in [0, 0.05) is 28.6 Å². The van der Waals surface area contributed by atoms with Crippen molar-refractivity contribution in [3.63, 3.8) is 0 Å². The molecule has 3 aliphatic heterocycles. The van der Waals surface area contributed by atoms with Crippen LogP contribution >= 0.6 is 34.7 Å². The van der Waals surface area contributed by atoms with Gasteiger partial charge in [-0.05, 0) is 39.2 Å². The molecule has 0 aromatic carbocycles. The Bertz CT molecular complexity index is 1120. The van der Waals surface area contributed by atoms with Crippen LogP contribution in [0.1, 0.15) is 19.5 Å². The van der Waals surface area contributed by atoms with Gasteiger partial charge in [-0.2, -0.15) is 0 Å². The number of aromatic nitrogens is 1. The average Bonchev–Trinajstić information content (AvgIpc) is 3.47. The van der Waals surface area contributed by atoms with Crippen LogP contribution in [0.15, 0.2) is 39.1 Å². The molecule has 4 heterocycles. The van der Waals surface area contributed by atoms with E-state index in [0.29, 0.717) is 11.6 Å². The first-order valence-corrected chi connectivity index (χ1v) is 17.8. The lowest BCUT2D eigenvalue weighted by Crippen LogP contribution is -2.64. The van der Waals surface area contributed by atoms with Crippen molar-refractivity contribution in [1.82, 2.24) is 14.8 Å². The minimum Gasteiger partial charge on any atom is -0.457 e. The normalized spacial score (nSPS) is 27.1. The molecule has 4 rings (SSSR count). The van der Waals surface area contributed by atoms with E-state index >= 15 is 0 Å². The first kappa shape index (κ1) is 27.6. The molecule has 1 fully saturated rings. The predicted octanol–water partition coefficient (Wildman–Crippen LogP) is 4.83. The molecule has 0 bridgehead atoms. The highest BCUT2D eigenvalue weighted by molar-refractivity contribution is 8.04. The van der Waals surface area contributed by atoms with E-state index in [9.17, 15) is 9.59 Å². The van der Waals surface area contributed by atoms with E-state index in [1.807, 2.05) is 12.3 Å². The van der Waals surface area contributed by atoms with Crippen molar-refractivity contribution in [2.75, 3.05) is 26.1 Å². The number of halogens is 1. The van der Waals surface area contributed by atoms with Crippen molar-refractivity contribution in [3.8, 4) is 0 Å². The molecule has 196 valence electrons. The number of hydrogen-bond donors (Lipinski definition) is 0. The lowest BCUT2D eigenvalue weighted by Gasteiger charge is -2.48. The first-order chi connectivity index (χ1) is 17.0. The maximum absolute atomic E-state index is 13.3. The van der Waals surface area contributed by atoms with Crippen LogP contribution in [0, 0.1) is 11.8 Å². The minimum atomic E-state index is -1.84. The number of β-lactam (4-membered cyclic amide) rings is 1. The quantitative estimate of drug-likeness (QED) is 0.132. The molecule has 36 heavy (non-hydrogen) atoms. The summed E-state index contributed by atoms with van der Waals surface area (Å²) in [7, 11) is 0.213.